The predicted molar refractivity (Wildman–Crippen MR) is 84.9 cm³/mol. The van der Waals surface area contributed by atoms with Crippen molar-refractivity contribution in [3.63, 3.8) is 0 Å². The Morgan fingerprint density at radius 2 is 2.37 bits per heavy atom. The summed E-state index contributed by atoms with van der Waals surface area (Å²) in [5.74, 6) is 1.37. The third kappa shape index (κ3) is 3.76. The first-order valence-corrected chi connectivity index (χ1v) is 8.07. The van der Waals surface area contributed by atoms with Crippen LogP contribution in [0.3, 0.4) is 0 Å². The monoisotopic (exact) mass is 341 g/mol. The van der Waals surface area contributed by atoms with Crippen LogP contribution in [0, 0.1) is 0 Å². The average Bonchev–Trinajstić information content (AvgIpc) is 2.37. The van der Waals surface area contributed by atoms with Crippen LogP contribution < -0.4 is 4.90 Å². The molecule has 5 heteroatoms. The van der Waals surface area contributed by atoms with Crippen molar-refractivity contribution in [2.24, 2.45) is 0 Å². The minimum absolute atomic E-state index is 0.533. The first kappa shape index (κ1) is 14.5. The first-order chi connectivity index (χ1) is 9.08. The van der Waals surface area contributed by atoms with Crippen molar-refractivity contribution in [1.82, 2.24) is 0 Å². The molecular weight excluding hydrogens is 326 g/mol. The number of thioether (sulfide) groups is 1. The maximum Gasteiger partial charge on any atom is 0.328 e. The van der Waals surface area contributed by atoms with Crippen LogP contribution in [0.4, 0.5) is 5.69 Å². The van der Waals surface area contributed by atoms with Gasteiger partial charge in [0.1, 0.15) is 0 Å². The van der Waals surface area contributed by atoms with E-state index in [0.29, 0.717) is 6.04 Å². The Bertz CT molecular complexity index is 504. The lowest BCUT2D eigenvalue weighted by Gasteiger charge is -2.35. The predicted octanol–water partition coefficient (Wildman–Crippen LogP) is 3.49. The fraction of sp³-hybridized carbons (Fsp3) is 0.357. The lowest BCUT2D eigenvalue weighted by atomic mass is 10.1. The normalized spacial score (nSPS) is 19.9. The summed E-state index contributed by atoms with van der Waals surface area (Å²) in [4.78, 5) is 12.9. The van der Waals surface area contributed by atoms with Crippen LogP contribution in [0.15, 0.2) is 28.7 Å². The fourth-order valence-electron chi connectivity index (χ4n) is 2.10. The van der Waals surface area contributed by atoms with E-state index >= 15 is 0 Å². The summed E-state index contributed by atoms with van der Waals surface area (Å²) >= 11 is 5.50. The van der Waals surface area contributed by atoms with Gasteiger partial charge in [-0.1, -0.05) is 22.0 Å². The van der Waals surface area contributed by atoms with Crippen LogP contribution >= 0.6 is 27.7 Å². The molecule has 1 aromatic carbocycles. The molecule has 1 unspecified atom stereocenters. The van der Waals surface area contributed by atoms with Crippen molar-refractivity contribution in [3.8, 4) is 0 Å². The number of nitrogens with zero attached hydrogens (tertiary/aromatic N) is 1. The van der Waals surface area contributed by atoms with Crippen molar-refractivity contribution in [3.05, 3.63) is 34.3 Å². The van der Waals surface area contributed by atoms with Gasteiger partial charge in [-0.3, -0.25) is 0 Å². The van der Waals surface area contributed by atoms with Crippen molar-refractivity contribution in [2.75, 3.05) is 23.0 Å². The number of anilines is 1. The second-order valence-electron chi connectivity index (χ2n) is 4.49. The minimum atomic E-state index is -0.933. The zero-order valence-corrected chi connectivity index (χ0v) is 13.1. The van der Waals surface area contributed by atoms with E-state index in [-0.39, 0.29) is 0 Å². The summed E-state index contributed by atoms with van der Waals surface area (Å²) in [6.45, 7) is 3.29. The van der Waals surface area contributed by atoms with E-state index in [2.05, 4.69) is 39.9 Å². The maximum absolute atomic E-state index is 10.5. The molecule has 1 aromatic rings. The molecule has 1 atom stereocenters. The largest absolute Gasteiger partial charge is 0.478 e. The molecule has 0 bridgehead atoms. The molecule has 102 valence electrons. The van der Waals surface area contributed by atoms with Gasteiger partial charge < -0.3 is 10.0 Å². The smallest absolute Gasteiger partial charge is 0.328 e. The van der Waals surface area contributed by atoms with E-state index in [1.54, 1.807) is 6.08 Å². The number of carboxylic acids is 1. The molecule has 0 aliphatic carbocycles. The van der Waals surface area contributed by atoms with Gasteiger partial charge in [0, 0.05) is 40.3 Å². The van der Waals surface area contributed by atoms with Crippen LogP contribution in [0.5, 0.6) is 0 Å². The molecule has 0 aromatic heterocycles. The molecule has 0 spiro atoms. The molecule has 2 rings (SSSR count). The van der Waals surface area contributed by atoms with E-state index in [1.165, 1.54) is 5.69 Å². The second kappa shape index (κ2) is 6.48. The SMILES string of the molecule is CC1CSCCN1c1ccc(/C=C/C(=O)O)c(Br)c1. The molecule has 3 nitrogen and oxygen atoms in total. The Morgan fingerprint density at radius 1 is 1.58 bits per heavy atom. The van der Waals surface area contributed by atoms with Gasteiger partial charge in [0.2, 0.25) is 0 Å². The standard InChI is InChI=1S/C14H16BrNO2S/c1-10-9-19-7-6-16(10)12-4-2-11(13(15)8-12)3-5-14(17)18/h2-5,8,10H,6-7,9H2,1H3,(H,17,18)/b5-3+. The van der Waals surface area contributed by atoms with Crippen LogP contribution in [-0.4, -0.2) is 35.2 Å². The summed E-state index contributed by atoms with van der Waals surface area (Å²) < 4.78 is 0.924. The second-order valence-corrected chi connectivity index (χ2v) is 6.50. The number of benzene rings is 1. The first-order valence-electron chi connectivity index (χ1n) is 6.13. The van der Waals surface area contributed by atoms with E-state index < -0.39 is 5.97 Å². The Morgan fingerprint density at radius 3 is 3.00 bits per heavy atom. The molecule has 1 heterocycles. The van der Waals surface area contributed by atoms with Crippen molar-refractivity contribution in [2.45, 2.75) is 13.0 Å². The average molecular weight is 342 g/mol. The van der Waals surface area contributed by atoms with Gasteiger partial charge in [-0.05, 0) is 30.7 Å². The maximum atomic E-state index is 10.5. The van der Waals surface area contributed by atoms with Gasteiger partial charge in [-0.2, -0.15) is 11.8 Å². The van der Waals surface area contributed by atoms with Gasteiger partial charge in [0.15, 0.2) is 0 Å². The quantitative estimate of drug-likeness (QED) is 0.854. The highest BCUT2D eigenvalue weighted by molar-refractivity contribution is 9.10. The van der Waals surface area contributed by atoms with E-state index in [1.807, 2.05) is 17.8 Å². The highest BCUT2D eigenvalue weighted by atomic mass is 79.9. The Labute approximate surface area is 125 Å². The van der Waals surface area contributed by atoms with Crippen molar-refractivity contribution < 1.29 is 9.90 Å². The zero-order valence-electron chi connectivity index (χ0n) is 10.7. The van der Waals surface area contributed by atoms with Gasteiger partial charge in [0.05, 0.1) is 0 Å². The zero-order chi connectivity index (χ0) is 13.8. The summed E-state index contributed by atoms with van der Waals surface area (Å²) in [5, 5.41) is 8.65. The summed E-state index contributed by atoms with van der Waals surface area (Å²) in [5.41, 5.74) is 2.07. The van der Waals surface area contributed by atoms with Gasteiger partial charge in [-0.25, -0.2) is 4.79 Å². The molecule has 1 saturated heterocycles. The fourth-order valence-corrected chi connectivity index (χ4v) is 3.61. The third-order valence-corrected chi connectivity index (χ3v) is 4.96. The number of carbonyl (C=O) groups is 1. The molecule has 1 N–H and O–H groups in total. The summed E-state index contributed by atoms with van der Waals surface area (Å²) in [6.07, 6.45) is 2.76. The number of carboxylic acid groups (broad SMARTS) is 1. The van der Waals surface area contributed by atoms with E-state index in [9.17, 15) is 4.79 Å². The van der Waals surface area contributed by atoms with Crippen molar-refractivity contribution >= 4 is 45.4 Å². The van der Waals surface area contributed by atoms with E-state index in [4.69, 9.17) is 5.11 Å². The Hall–Kier alpha value is -0.940. The summed E-state index contributed by atoms with van der Waals surface area (Å²) in [7, 11) is 0. The Balaban J connectivity index is 2.20. The minimum Gasteiger partial charge on any atom is -0.478 e. The number of rotatable bonds is 3. The van der Waals surface area contributed by atoms with E-state index in [0.717, 1.165) is 34.2 Å². The van der Waals surface area contributed by atoms with Gasteiger partial charge >= 0.3 is 5.97 Å². The molecule has 0 radical (unpaired) electrons. The van der Waals surface area contributed by atoms with Crippen LogP contribution in [0.2, 0.25) is 0 Å². The van der Waals surface area contributed by atoms with Crippen molar-refractivity contribution in [1.29, 1.82) is 0 Å². The lowest BCUT2D eigenvalue weighted by molar-refractivity contribution is -0.131. The number of halogens is 1. The van der Waals surface area contributed by atoms with Crippen LogP contribution in [0.1, 0.15) is 12.5 Å². The van der Waals surface area contributed by atoms with Gasteiger partial charge in [-0.15, -0.1) is 0 Å². The van der Waals surface area contributed by atoms with Gasteiger partial charge in [0.25, 0.3) is 0 Å². The molecule has 1 fully saturated rings. The van der Waals surface area contributed by atoms with Crippen LogP contribution in [0.25, 0.3) is 6.08 Å². The molecule has 1 aliphatic heterocycles. The Kier molecular flexibility index (Phi) is 4.93. The third-order valence-electron chi connectivity index (χ3n) is 3.09. The number of aliphatic carboxylic acids is 1. The molecule has 0 saturated carbocycles. The lowest BCUT2D eigenvalue weighted by Crippen LogP contribution is -2.40. The highest BCUT2D eigenvalue weighted by Crippen LogP contribution is 2.29. The number of hydrogen-bond acceptors (Lipinski definition) is 3. The topological polar surface area (TPSA) is 40.5 Å². The number of hydrogen-bond donors (Lipinski definition) is 1. The molecular formula is C14H16BrNO2S. The van der Waals surface area contributed by atoms with Crippen LogP contribution in [-0.2, 0) is 4.79 Å². The highest BCUT2D eigenvalue weighted by Gasteiger charge is 2.19. The molecule has 1 aliphatic rings. The summed E-state index contributed by atoms with van der Waals surface area (Å²) in [6, 6.07) is 6.60. The molecule has 19 heavy (non-hydrogen) atoms. The molecule has 0 amide bonds.